The van der Waals surface area contributed by atoms with Crippen LogP contribution in [0.2, 0.25) is 0 Å². The quantitative estimate of drug-likeness (QED) is 0.438. The zero-order chi connectivity index (χ0) is 7.28. The van der Waals surface area contributed by atoms with Gasteiger partial charge in [-0.3, -0.25) is 0 Å². The number of hydrogen-bond donors (Lipinski definition) is 0. The summed E-state index contributed by atoms with van der Waals surface area (Å²) < 4.78 is 0. The molecule has 0 amide bonds. The van der Waals surface area contributed by atoms with E-state index in [1.807, 2.05) is 4.90 Å². The predicted octanol–water partition coefficient (Wildman–Crippen LogP) is 1.94. The molecule has 0 fully saturated rings. The Morgan fingerprint density at radius 3 is 2.22 bits per heavy atom. The average molecular weight is 144 g/mol. The SMILES string of the molecule is CCC(C)N([C]=S)CC. The Hall–Kier alpha value is -0.110. The summed E-state index contributed by atoms with van der Waals surface area (Å²) in [5.41, 5.74) is 2.72. The first-order chi connectivity index (χ1) is 4.26. The molecule has 1 radical (unpaired) electrons. The van der Waals surface area contributed by atoms with Crippen molar-refractivity contribution in [1.29, 1.82) is 0 Å². The maximum Gasteiger partial charge on any atom is 0.137 e. The molecule has 1 nitrogen and oxygen atoms in total. The van der Waals surface area contributed by atoms with Crippen LogP contribution in [0.4, 0.5) is 0 Å². The second-order valence-corrected chi connectivity index (χ2v) is 2.32. The van der Waals surface area contributed by atoms with Gasteiger partial charge >= 0.3 is 0 Å². The lowest BCUT2D eigenvalue weighted by atomic mass is 10.2. The zero-order valence-corrected chi connectivity index (χ0v) is 7.16. The Bertz CT molecular complexity index is 83.0. The van der Waals surface area contributed by atoms with Gasteiger partial charge in [0.05, 0.1) is 0 Å². The van der Waals surface area contributed by atoms with Crippen molar-refractivity contribution in [1.82, 2.24) is 4.90 Å². The number of rotatable bonds is 4. The highest BCUT2D eigenvalue weighted by molar-refractivity contribution is 7.78. The molecule has 1 unspecified atom stereocenters. The minimum atomic E-state index is 0.549. The Kier molecular flexibility index (Phi) is 4.68. The lowest BCUT2D eigenvalue weighted by Crippen LogP contribution is -2.29. The summed E-state index contributed by atoms with van der Waals surface area (Å²) in [5, 5.41) is 0. The second-order valence-electron chi connectivity index (χ2n) is 2.13. The van der Waals surface area contributed by atoms with Crippen LogP contribution in [-0.4, -0.2) is 23.0 Å². The van der Waals surface area contributed by atoms with Crippen molar-refractivity contribution in [2.75, 3.05) is 6.54 Å². The fraction of sp³-hybridized carbons (Fsp3) is 0.857. The van der Waals surface area contributed by atoms with Crippen molar-refractivity contribution in [3.63, 3.8) is 0 Å². The first-order valence-corrected chi connectivity index (χ1v) is 3.81. The van der Waals surface area contributed by atoms with Gasteiger partial charge in [-0.15, -0.1) is 0 Å². The van der Waals surface area contributed by atoms with Crippen LogP contribution in [0.1, 0.15) is 27.2 Å². The number of hydrogen-bond acceptors (Lipinski definition) is 1. The standard InChI is InChI=1S/C7H14NS/c1-4-7(3)8(5-2)6-9/h7H,4-5H2,1-3H3. The summed E-state index contributed by atoms with van der Waals surface area (Å²) in [7, 11) is 0. The summed E-state index contributed by atoms with van der Waals surface area (Å²) in [4.78, 5) is 2.04. The summed E-state index contributed by atoms with van der Waals surface area (Å²) in [6.45, 7) is 7.37. The lowest BCUT2D eigenvalue weighted by molar-refractivity contribution is 0.351. The summed E-state index contributed by atoms with van der Waals surface area (Å²) in [5.74, 6) is 0. The van der Waals surface area contributed by atoms with Crippen molar-refractivity contribution in [3.8, 4) is 0 Å². The number of nitrogens with zero attached hydrogens (tertiary/aromatic N) is 1. The van der Waals surface area contributed by atoms with E-state index in [2.05, 4.69) is 26.3 Å². The molecule has 0 aliphatic rings. The molecule has 0 rings (SSSR count). The molecule has 0 aliphatic heterocycles. The van der Waals surface area contributed by atoms with E-state index < -0.39 is 0 Å². The van der Waals surface area contributed by atoms with Gasteiger partial charge in [-0.2, -0.15) is 0 Å². The van der Waals surface area contributed by atoms with Crippen LogP contribution >= 0.6 is 12.2 Å². The van der Waals surface area contributed by atoms with Crippen molar-refractivity contribution in [3.05, 3.63) is 0 Å². The highest BCUT2D eigenvalue weighted by atomic mass is 32.1. The van der Waals surface area contributed by atoms with Crippen LogP contribution in [0, 0.1) is 0 Å². The van der Waals surface area contributed by atoms with Gasteiger partial charge in [0.25, 0.3) is 0 Å². The largest absolute Gasteiger partial charge is 0.358 e. The molecule has 0 bridgehead atoms. The first-order valence-electron chi connectivity index (χ1n) is 3.40. The normalized spacial score (nSPS) is 12.8. The molecule has 0 N–H and O–H groups in total. The minimum Gasteiger partial charge on any atom is -0.358 e. The van der Waals surface area contributed by atoms with Crippen LogP contribution in [0.25, 0.3) is 0 Å². The minimum absolute atomic E-state index is 0.549. The summed E-state index contributed by atoms with van der Waals surface area (Å²) in [6.07, 6.45) is 1.14. The third-order valence-electron chi connectivity index (χ3n) is 1.58. The van der Waals surface area contributed by atoms with E-state index in [0.717, 1.165) is 13.0 Å². The van der Waals surface area contributed by atoms with E-state index in [1.165, 1.54) is 0 Å². The predicted molar refractivity (Wildman–Crippen MR) is 44.7 cm³/mol. The Balaban J connectivity index is 3.63. The molecule has 1 atom stereocenters. The van der Waals surface area contributed by atoms with E-state index in [4.69, 9.17) is 12.2 Å². The molecule has 53 valence electrons. The lowest BCUT2D eigenvalue weighted by Gasteiger charge is -2.22. The van der Waals surface area contributed by atoms with Crippen molar-refractivity contribution in [2.24, 2.45) is 0 Å². The summed E-state index contributed by atoms with van der Waals surface area (Å²) in [6, 6.07) is 0.549. The molecular formula is C7H14NS. The van der Waals surface area contributed by atoms with Gasteiger partial charge in [-0.1, -0.05) is 19.1 Å². The third kappa shape index (κ3) is 2.80. The molecule has 0 aliphatic carbocycles. The van der Waals surface area contributed by atoms with Crippen LogP contribution < -0.4 is 0 Å². The maximum absolute atomic E-state index is 4.69. The monoisotopic (exact) mass is 144 g/mol. The maximum atomic E-state index is 4.69. The molecule has 0 aromatic heterocycles. The van der Waals surface area contributed by atoms with Crippen LogP contribution in [0.5, 0.6) is 0 Å². The molecule has 0 aromatic carbocycles. The summed E-state index contributed by atoms with van der Waals surface area (Å²) >= 11 is 4.69. The van der Waals surface area contributed by atoms with Crippen molar-refractivity contribution < 1.29 is 0 Å². The van der Waals surface area contributed by atoms with E-state index in [0.29, 0.717) is 6.04 Å². The van der Waals surface area contributed by atoms with Gasteiger partial charge in [-0.05, 0) is 20.3 Å². The van der Waals surface area contributed by atoms with Gasteiger partial charge in [0.15, 0.2) is 0 Å². The molecule has 9 heavy (non-hydrogen) atoms. The van der Waals surface area contributed by atoms with Crippen LogP contribution in [0.3, 0.4) is 0 Å². The van der Waals surface area contributed by atoms with Gasteiger partial charge < -0.3 is 4.90 Å². The molecule has 0 saturated heterocycles. The van der Waals surface area contributed by atoms with Gasteiger partial charge in [0, 0.05) is 12.6 Å². The molecular weight excluding hydrogens is 130 g/mol. The average Bonchev–Trinajstić information content (AvgIpc) is 1.90. The van der Waals surface area contributed by atoms with Gasteiger partial charge in [-0.25, -0.2) is 0 Å². The highest BCUT2D eigenvalue weighted by Crippen LogP contribution is 1.98. The molecule has 2 heteroatoms. The van der Waals surface area contributed by atoms with Crippen LogP contribution in [-0.2, 0) is 0 Å². The molecule has 0 heterocycles. The van der Waals surface area contributed by atoms with E-state index in [1.54, 1.807) is 0 Å². The van der Waals surface area contributed by atoms with Crippen molar-refractivity contribution in [2.45, 2.75) is 33.2 Å². The first kappa shape index (κ1) is 8.89. The fourth-order valence-electron chi connectivity index (χ4n) is 0.687. The topological polar surface area (TPSA) is 3.24 Å². The molecule has 0 saturated carbocycles. The smallest absolute Gasteiger partial charge is 0.137 e. The number of thiocarbonyl (C=S) groups is 1. The molecule has 0 aromatic rings. The second kappa shape index (κ2) is 4.74. The van der Waals surface area contributed by atoms with Gasteiger partial charge in [0.1, 0.15) is 5.49 Å². The third-order valence-corrected chi connectivity index (χ3v) is 1.82. The zero-order valence-electron chi connectivity index (χ0n) is 6.35. The van der Waals surface area contributed by atoms with E-state index in [-0.39, 0.29) is 0 Å². The fourth-order valence-corrected chi connectivity index (χ4v) is 0.996. The van der Waals surface area contributed by atoms with Gasteiger partial charge in [0.2, 0.25) is 0 Å². The van der Waals surface area contributed by atoms with Crippen LogP contribution in [0.15, 0.2) is 0 Å². The Morgan fingerprint density at radius 2 is 2.11 bits per heavy atom. The van der Waals surface area contributed by atoms with Crippen molar-refractivity contribution >= 4 is 17.7 Å². The Labute approximate surface area is 63.0 Å². The highest BCUT2D eigenvalue weighted by Gasteiger charge is 2.03. The van der Waals surface area contributed by atoms with E-state index >= 15 is 0 Å². The molecule has 0 spiro atoms. The van der Waals surface area contributed by atoms with E-state index in [9.17, 15) is 0 Å². The Morgan fingerprint density at radius 1 is 1.56 bits per heavy atom.